The van der Waals surface area contributed by atoms with Crippen molar-refractivity contribution < 1.29 is 4.79 Å². The lowest BCUT2D eigenvalue weighted by molar-refractivity contribution is -0.114. The Labute approximate surface area is 119 Å². The van der Waals surface area contributed by atoms with E-state index in [4.69, 9.17) is 0 Å². The van der Waals surface area contributed by atoms with E-state index in [0.717, 1.165) is 29.2 Å². The average molecular weight is 272 g/mol. The molecule has 0 saturated heterocycles. The first-order valence-corrected chi connectivity index (χ1v) is 6.72. The van der Waals surface area contributed by atoms with Crippen molar-refractivity contribution in [3.8, 4) is 0 Å². The molecule has 0 spiro atoms. The molecule has 20 heavy (non-hydrogen) atoms. The fourth-order valence-corrected chi connectivity index (χ4v) is 2.01. The molecule has 0 saturated carbocycles. The third-order valence-corrected chi connectivity index (χ3v) is 3.05. The Bertz CT molecular complexity index is 604. The van der Waals surface area contributed by atoms with Crippen LogP contribution in [0.4, 0.5) is 11.4 Å². The molecule has 5 heteroatoms. The number of aryl methyl sites for hydroxylation is 2. The minimum Gasteiger partial charge on any atom is -0.379 e. The molecule has 0 aliphatic heterocycles. The van der Waals surface area contributed by atoms with E-state index in [1.807, 2.05) is 36.0 Å². The first kappa shape index (κ1) is 14.1. The lowest BCUT2D eigenvalue weighted by Gasteiger charge is -2.08. The summed E-state index contributed by atoms with van der Waals surface area (Å²) in [5, 5.41) is 10.5. The number of anilines is 2. The Hall–Kier alpha value is -2.30. The van der Waals surface area contributed by atoms with Crippen LogP contribution in [0.5, 0.6) is 0 Å². The zero-order chi connectivity index (χ0) is 14.5. The smallest absolute Gasteiger partial charge is 0.221 e. The van der Waals surface area contributed by atoms with Crippen LogP contribution >= 0.6 is 0 Å². The highest BCUT2D eigenvalue weighted by Crippen LogP contribution is 2.16. The topological polar surface area (TPSA) is 58.9 Å². The number of hydrogen-bond donors (Lipinski definition) is 2. The molecule has 0 atom stereocenters. The minimum absolute atomic E-state index is 0.0682. The molecule has 0 fully saturated rings. The number of nitrogens with zero attached hydrogens (tertiary/aromatic N) is 2. The molecular formula is C15H20N4O. The largest absolute Gasteiger partial charge is 0.379 e. The van der Waals surface area contributed by atoms with E-state index >= 15 is 0 Å². The van der Waals surface area contributed by atoms with Crippen molar-refractivity contribution in [1.82, 2.24) is 9.78 Å². The SMILES string of the molecule is CCc1cc(CNc2cccc(NC(C)=O)c2)n(C)n1. The van der Waals surface area contributed by atoms with Crippen LogP contribution in [0.2, 0.25) is 0 Å². The van der Waals surface area contributed by atoms with Crippen LogP contribution in [0.3, 0.4) is 0 Å². The Kier molecular flexibility index (Phi) is 4.40. The molecule has 1 aromatic heterocycles. The Balaban J connectivity index is 2.03. The van der Waals surface area contributed by atoms with Crippen LogP contribution in [0.15, 0.2) is 30.3 Å². The number of aromatic nitrogens is 2. The standard InChI is InChI=1S/C15H20N4O/c1-4-12-9-15(19(3)18-12)10-16-13-6-5-7-14(8-13)17-11(2)20/h5-9,16H,4,10H2,1-3H3,(H,17,20). The highest BCUT2D eigenvalue weighted by Gasteiger charge is 2.04. The van der Waals surface area contributed by atoms with Gasteiger partial charge in [0, 0.05) is 25.3 Å². The van der Waals surface area contributed by atoms with Crippen molar-refractivity contribution in [1.29, 1.82) is 0 Å². The fourth-order valence-electron chi connectivity index (χ4n) is 2.01. The third kappa shape index (κ3) is 3.60. The van der Waals surface area contributed by atoms with Gasteiger partial charge in [-0.1, -0.05) is 13.0 Å². The predicted molar refractivity (Wildman–Crippen MR) is 80.7 cm³/mol. The second-order valence-electron chi connectivity index (χ2n) is 4.72. The normalized spacial score (nSPS) is 10.3. The van der Waals surface area contributed by atoms with Gasteiger partial charge < -0.3 is 10.6 Å². The lowest BCUT2D eigenvalue weighted by Crippen LogP contribution is -2.07. The van der Waals surface area contributed by atoms with Crippen LogP contribution in [0, 0.1) is 0 Å². The van der Waals surface area contributed by atoms with E-state index in [1.165, 1.54) is 6.92 Å². The summed E-state index contributed by atoms with van der Waals surface area (Å²) in [4.78, 5) is 11.0. The minimum atomic E-state index is -0.0682. The van der Waals surface area contributed by atoms with Crippen molar-refractivity contribution in [2.45, 2.75) is 26.8 Å². The summed E-state index contributed by atoms with van der Waals surface area (Å²) >= 11 is 0. The van der Waals surface area contributed by atoms with Gasteiger partial charge in [-0.05, 0) is 30.7 Å². The van der Waals surface area contributed by atoms with Gasteiger partial charge in [-0.25, -0.2) is 0 Å². The Morgan fingerprint density at radius 3 is 2.70 bits per heavy atom. The number of rotatable bonds is 5. The van der Waals surface area contributed by atoms with E-state index < -0.39 is 0 Å². The molecule has 2 N–H and O–H groups in total. The van der Waals surface area contributed by atoms with E-state index in [0.29, 0.717) is 6.54 Å². The first-order valence-electron chi connectivity index (χ1n) is 6.72. The molecule has 0 aliphatic rings. The van der Waals surface area contributed by atoms with Gasteiger partial charge in [0.25, 0.3) is 0 Å². The molecule has 0 unspecified atom stereocenters. The molecule has 2 rings (SSSR count). The number of carbonyl (C=O) groups excluding carboxylic acids is 1. The second kappa shape index (κ2) is 6.23. The van der Waals surface area contributed by atoms with Crippen molar-refractivity contribution in [2.24, 2.45) is 7.05 Å². The zero-order valence-electron chi connectivity index (χ0n) is 12.1. The van der Waals surface area contributed by atoms with E-state index in [9.17, 15) is 4.79 Å². The maximum Gasteiger partial charge on any atom is 0.221 e. The molecule has 0 radical (unpaired) electrons. The average Bonchev–Trinajstić information content (AvgIpc) is 2.77. The Morgan fingerprint density at radius 1 is 1.30 bits per heavy atom. The summed E-state index contributed by atoms with van der Waals surface area (Å²) in [6.45, 7) is 4.30. The highest BCUT2D eigenvalue weighted by atomic mass is 16.1. The maximum absolute atomic E-state index is 11.0. The highest BCUT2D eigenvalue weighted by molar-refractivity contribution is 5.89. The van der Waals surface area contributed by atoms with Crippen LogP contribution in [0.1, 0.15) is 25.2 Å². The molecule has 1 heterocycles. The van der Waals surface area contributed by atoms with E-state index in [2.05, 4.69) is 28.7 Å². The van der Waals surface area contributed by atoms with Crippen LogP contribution < -0.4 is 10.6 Å². The molecule has 5 nitrogen and oxygen atoms in total. The number of benzene rings is 1. The maximum atomic E-state index is 11.0. The predicted octanol–water partition coefficient (Wildman–Crippen LogP) is 2.55. The first-order chi connectivity index (χ1) is 9.58. The summed E-state index contributed by atoms with van der Waals surface area (Å²) in [7, 11) is 1.95. The van der Waals surface area contributed by atoms with E-state index in [-0.39, 0.29) is 5.91 Å². The van der Waals surface area contributed by atoms with Crippen LogP contribution in [-0.2, 0) is 24.8 Å². The quantitative estimate of drug-likeness (QED) is 0.879. The number of hydrogen-bond acceptors (Lipinski definition) is 3. The molecule has 0 bridgehead atoms. The van der Waals surface area contributed by atoms with Crippen molar-refractivity contribution in [3.63, 3.8) is 0 Å². The van der Waals surface area contributed by atoms with Gasteiger partial charge in [-0.15, -0.1) is 0 Å². The summed E-state index contributed by atoms with van der Waals surface area (Å²) in [6.07, 6.45) is 0.936. The molecule has 0 aliphatic carbocycles. The third-order valence-electron chi connectivity index (χ3n) is 3.05. The lowest BCUT2D eigenvalue weighted by atomic mass is 10.2. The summed E-state index contributed by atoms with van der Waals surface area (Å²) in [5.74, 6) is -0.0682. The molecule has 1 aromatic carbocycles. The van der Waals surface area contributed by atoms with Gasteiger partial charge in [0.1, 0.15) is 0 Å². The van der Waals surface area contributed by atoms with Gasteiger partial charge in [0.2, 0.25) is 5.91 Å². The van der Waals surface area contributed by atoms with Crippen LogP contribution in [-0.4, -0.2) is 15.7 Å². The number of nitrogens with one attached hydrogen (secondary N) is 2. The molecule has 106 valence electrons. The van der Waals surface area contributed by atoms with Crippen LogP contribution in [0.25, 0.3) is 0 Å². The molecule has 1 amide bonds. The Morgan fingerprint density at radius 2 is 2.05 bits per heavy atom. The van der Waals surface area contributed by atoms with Gasteiger partial charge in [-0.3, -0.25) is 9.48 Å². The van der Waals surface area contributed by atoms with Crippen molar-refractivity contribution in [2.75, 3.05) is 10.6 Å². The second-order valence-corrected chi connectivity index (χ2v) is 4.72. The van der Waals surface area contributed by atoms with Gasteiger partial charge in [-0.2, -0.15) is 5.10 Å². The number of amides is 1. The summed E-state index contributed by atoms with van der Waals surface area (Å²) < 4.78 is 1.89. The summed E-state index contributed by atoms with van der Waals surface area (Å²) in [5.41, 5.74) is 3.99. The zero-order valence-corrected chi connectivity index (χ0v) is 12.1. The molecular weight excluding hydrogens is 252 g/mol. The number of carbonyl (C=O) groups is 1. The fraction of sp³-hybridized carbons (Fsp3) is 0.333. The van der Waals surface area contributed by atoms with Crippen molar-refractivity contribution in [3.05, 3.63) is 41.7 Å². The summed E-state index contributed by atoms with van der Waals surface area (Å²) in [6, 6.07) is 9.77. The molecule has 2 aromatic rings. The van der Waals surface area contributed by atoms with Gasteiger partial charge in [0.15, 0.2) is 0 Å². The van der Waals surface area contributed by atoms with Crippen molar-refractivity contribution >= 4 is 17.3 Å². The van der Waals surface area contributed by atoms with E-state index in [1.54, 1.807) is 0 Å². The van der Waals surface area contributed by atoms with Gasteiger partial charge in [0.05, 0.1) is 17.9 Å². The monoisotopic (exact) mass is 272 g/mol. The van der Waals surface area contributed by atoms with Gasteiger partial charge >= 0.3 is 0 Å².